The van der Waals surface area contributed by atoms with Gasteiger partial charge in [0.1, 0.15) is 11.5 Å². The van der Waals surface area contributed by atoms with Crippen molar-refractivity contribution in [3.63, 3.8) is 0 Å². The highest BCUT2D eigenvalue weighted by Gasteiger charge is 2.49. The maximum atomic E-state index is 13.2. The number of aromatic nitrogens is 2. The maximum Gasteiger partial charge on any atom is 0.356 e. The highest BCUT2D eigenvalue weighted by Crippen LogP contribution is 2.50. The fourth-order valence-electron chi connectivity index (χ4n) is 3.53. The second kappa shape index (κ2) is 6.33. The van der Waals surface area contributed by atoms with Gasteiger partial charge in [-0.15, -0.1) is 0 Å². The number of thiophene rings is 1. The Labute approximate surface area is 170 Å². The molecule has 150 valence electrons. The van der Waals surface area contributed by atoms with Crippen molar-refractivity contribution in [3.8, 4) is 28.4 Å². The Kier molecular flexibility index (Phi) is 3.97. The Bertz CT molecular complexity index is 1230. The second-order valence-corrected chi connectivity index (χ2v) is 9.96. The molecule has 1 N–H and O–H groups in total. The van der Waals surface area contributed by atoms with Gasteiger partial charge in [-0.05, 0) is 36.4 Å². The van der Waals surface area contributed by atoms with Crippen molar-refractivity contribution < 1.29 is 27.8 Å². The summed E-state index contributed by atoms with van der Waals surface area (Å²) in [6.45, 7) is 0. The molecule has 0 amide bonds. The summed E-state index contributed by atoms with van der Waals surface area (Å²) >= 11 is 1.43. The average molecular weight is 432 g/mol. The molecule has 0 bridgehead atoms. The first-order chi connectivity index (χ1) is 13.9. The topological polar surface area (TPSA) is 108 Å². The fourth-order valence-corrected chi connectivity index (χ4v) is 6.08. The number of methoxy groups -OCH3 is 1. The van der Waals surface area contributed by atoms with E-state index in [0.717, 1.165) is 0 Å². The lowest BCUT2D eigenvalue weighted by Crippen LogP contribution is -2.27. The van der Waals surface area contributed by atoms with Gasteiger partial charge in [-0.3, -0.25) is 0 Å². The zero-order valence-electron chi connectivity index (χ0n) is 15.2. The molecule has 0 saturated heterocycles. The van der Waals surface area contributed by atoms with Gasteiger partial charge < -0.3 is 14.6 Å². The number of sulfone groups is 1. The zero-order chi connectivity index (χ0) is 20.3. The molecule has 10 heteroatoms. The van der Waals surface area contributed by atoms with Crippen molar-refractivity contribution in [1.82, 2.24) is 9.78 Å². The van der Waals surface area contributed by atoms with Gasteiger partial charge in [0.15, 0.2) is 15.5 Å². The van der Waals surface area contributed by atoms with Gasteiger partial charge in [-0.2, -0.15) is 16.4 Å². The van der Waals surface area contributed by atoms with E-state index in [1.54, 1.807) is 24.3 Å². The minimum Gasteiger partial charge on any atom is -0.497 e. The highest BCUT2D eigenvalue weighted by molar-refractivity contribution is 7.92. The lowest BCUT2D eigenvalue weighted by atomic mass is 10.0. The van der Waals surface area contributed by atoms with Crippen LogP contribution in [0.2, 0.25) is 0 Å². The van der Waals surface area contributed by atoms with E-state index in [-0.39, 0.29) is 11.3 Å². The van der Waals surface area contributed by atoms with Gasteiger partial charge in [0, 0.05) is 17.0 Å². The highest BCUT2D eigenvalue weighted by atomic mass is 32.2. The SMILES string of the molecule is COc1ccc2c(c1)OC(S(=O)(=O)C1CC1)c1c(C(=O)O)nn(-c3ccsc3)c1-2. The molecule has 1 aliphatic heterocycles. The summed E-state index contributed by atoms with van der Waals surface area (Å²) in [4.78, 5) is 12.0. The smallest absolute Gasteiger partial charge is 0.356 e. The van der Waals surface area contributed by atoms with Gasteiger partial charge in [-0.1, -0.05) is 0 Å². The normalized spacial score (nSPS) is 17.9. The van der Waals surface area contributed by atoms with Gasteiger partial charge in [-0.25, -0.2) is 17.9 Å². The quantitative estimate of drug-likeness (QED) is 0.659. The molecule has 2 aromatic heterocycles. The first kappa shape index (κ1) is 18.2. The molecule has 5 rings (SSSR count). The summed E-state index contributed by atoms with van der Waals surface area (Å²) in [5.74, 6) is -0.471. The van der Waals surface area contributed by atoms with Crippen molar-refractivity contribution in [2.24, 2.45) is 0 Å². The predicted octanol–water partition coefficient (Wildman–Crippen LogP) is 3.28. The molecular weight excluding hydrogens is 416 g/mol. The largest absolute Gasteiger partial charge is 0.497 e. The van der Waals surface area contributed by atoms with E-state index < -0.39 is 26.5 Å². The molecule has 3 heterocycles. The Morgan fingerprint density at radius 1 is 1.34 bits per heavy atom. The lowest BCUT2D eigenvalue weighted by molar-refractivity contribution is 0.0686. The number of carboxylic acids is 1. The summed E-state index contributed by atoms with van der Waals surface area (Å²) in [6.07, 6.45) is 1.09. The summed E-state index contributed by atoms with van der Waals surface area (Å²) in [6, 6.07) is 6.85. The van der Waals surface area contributed by atoms with E-state index in [4.69, 9.17) is 9.47 Å². The van der Waals surface area contributed by atoms with Crippen molar-refractivity contribution in [3.05, 3.63) is 46.3 Å². The Hall–Kier alpha value is -2.85. The number of carboxylic acid groups (broad SMARTS) is 1. The van der Waals surface area contributed by atoms with E-state index in [0.29, 0.717) is 41.3 Å². The number of carbonyl (C=O) groups is 1. The van der Waals surface area contributed by atoms with Gasteiger partial charge >= 0.3 is 5.97 Å². The number of hydrogen-bond donors (Lipinski definition) is 1. The van der Waals surface area contributed by atoms with Crippen LogP contribution in [-0.4, -0.2) is 41.6 Å². The van der Waals surface area contributed by atoms with E-state index in [2.05, 4.69) is 5.10 Å². The third-order valence-electron chi connectivity index (χ3n) is 5.08. The van der Waals surface area contributed by atoms with Gasteiger partial charge in [0.05, 0.1) is 29.3 Å². The Balaban J connectivity index is 1.84. The van der Waals surface area contributed by atoms with Crippen LogP contribution >= 0.6 is 11.3 Å². The van der Waals surface area contributed by atoms with E-state index in [9.17, 15) is 18.3 Å². The summed E-state index contributed by atoms with van der Waals surface area (Å²) < 4.78 is 39.0. The van der Waals surface area contributed by atoms with Crippen LogP contribution in [0.5, 0.6) is 11.5 Å². The number of rotatable bonds is 5. The van der Waals surface area contributed by atoms with Crippen LogP contribution in [0.1, 0.15) is 34.3 Å². The first-order valence-corrected chi connectivity index (χ1v) is 11.4. The van der Waals surface area contributed by atoms with Crippen LogP contribution in [0.25, 0.3) is 16.9 Å². The van der Waals surface area contributed by atoms with E-state index >= 15 is 0 Å². The monoisotopic (exact) mass is 432 g/mol. The van der Waals surface area contributed by atoms with Gasteiger partial charge in [0.25, 0.3) is 0 Å². The summed E-state index contributed by atoms with van der Waals surface area (Å²) in [5, 5.41) is 17.2. The van der Waals surface area contributed by atoms with Crippen molar-refractivity contribution in [2.45, 2.75) is 23.5 Å². The third-order valence-corrected chi connectivity index (χ3v) is 8.08. The van der Waals surface area contributed by atoms with Crippen molar-refractivity contribution in [2.75, 3.05) is 7.11 Å². The molecule has 2 aliphatic rings. The third kappa shape index (κ3) is 2.74. The molecule has 1 aromatic carbocycles. The minimum absolute atomic E-state index is 0.0771. The fraction of sp³-hybridized carbons (Fsp3) is 0.263. The maximum absolute atomic E-state index is 13.2. The predicted molar refractivity (Wildman–Crippen MR) is 106 cm³/mol. The van der Waals surface area contributed by atoms with Crippen molar-refractivity contribution in [1.29, 1.82) is 0 Å². The molecule has 0 radical (unpaired) electrons. The average Bonchev–Trinajstić information content (AvgIpc) is 3.29. The number of nitrogens with zero attached hydrogens (tertiary/aromatic N) is 2. The molecular formula is C19H16N2O6S2. The zero-order valence-corrected chi connectivity index (χ0v) is 16.9. The number of fused-ring (bicyclic) bond motifs is 3. The summed E-state index contributed by atoms with van der Waals surface area (Å²) in [5.41, 5.74) is -0.0311. The van der Waals surface area contributed by atoms with Crippen LogP contribution < -0.4 is 9.47 Å². The minimum atomic E-state index is -3.75. The number of ether oxygens (including phenoxy) is 2. The molecule has 1 saturated carbocycles. The molecule has 8 nitrogen and oxygen atoms in total. The molecule has 1 atom stereocenters. The number of benzene rings is 1. The van der Waals surface area contributed by atoms with Gasteiger partial charge in [0.2, 0.25) is 5.44 Å². The Morgan fingerprint density at radius 3 is 2.76 bits per heavy atom. The molecule has 29 heavy (non-hydrogen) atoms. The van der Waals surface area contributed by atoms with E-state index in [1.807, 2.05) is 10.8 Å². The number of hydrogen-bond acceptors (Lipinski definition) is 7. The molecule has 1 fully saturated rings. The van der Waals surface area contributed by atoms with Crippen LogP contribution in [0.4, 0.5) is 0 Å². The molecule has 1 unspecified atom stereocenters. The van der Waals surface area contributed by atoms with Crippen LogP contribution in [0, 0.1) is 0 Å². The van der Waals surface area contributed by atoms with Crippen LogP contribution in [0.3, 0.4) is 0 Å². The Morgan fingerprint density at radius 2 is 2.14 bits per heavy atom. The number of aromatic carboxylic acids is 1. The molecule has 1 aliphatic carbocycles. The van der Waals surface area contributed by atoms with Crippen LogP contribution in [-0.2, 0) is 9.84 Å². The second-order valence-electron chi connectivity index (χ2n) is 6.91. The van der Waals surface area contributed by atoms with Crippen LogP contribution in [0.15, 0.2) is 35.0 Å². The van der Waals surface area contributed by atoms with Crippen molar-refractivity contribution >= 4 is 27.1 Å². The van der Waals surface area contributed by atoms with E-state index in [1.165, 1.54) is 23.1 Å². The standard InChI is InChI=1S/C19H16N2O6S2/c1-26-11-2-5-13-14(8-11)27-19(29(24,25)12-3-4-12)15-16(18(22)23)20-21(17(13)15)10-6-7-28-9-10/h2,5-9,12,19H,3-4H2,1H3,(H,22,23). The molecule has 0 spiro atoms. The lowest BCUT2D eigenvalue weighted by Gasteiger charge is -2.27. The summed E-state index contributed by atoms with van der Waals surface area (Å²) in [7, 11) is -2.25. The molecule has 3 aromatic rings. The first-order valence-electron chi connectivity index (χ1n) is 8.88.